The minimum Gasteiger partial charge on any atom is -0.377 e. The van der Waals surface area contributed by atoms with E-state index in [0.29, 0.717) is 17.7 Å². The second kappa shape index (κ2) is 5.03. The first kappa shape index (κ1) is 12.3. The van der Waals surface area contributed by atoms with Crippen LogP contribution in [0.2, 0.25) is 0 Å². The highest BCUT2D eigenvalue weighted by molar-refractivity contribution is 4.94. The van der Waals surface area contributed by atoms with Gasteiger partial charge >= 0.3 is 0 Å². The molecule has 2 heterocycles. The lowest BCUT2D eigenvalue weighted by Gasteiger charge is -2.31. The fourth-order valence-corrected chi connectivity index (χ4v) is 2.86. The molecular formula is C13H26N2O. The van der Waals surface area contributed by atoms with Gasteiger partial charge in [-0.2, -0.15) is 0 Å². The van der Waals surface area contributed by atoms with Gasteiger partial charge in [-0.3, -0.25) is 4.90 Å². The van der Waals surface area contributed by atoms with Crippen LogP contribution in [0.4, 0.5) is 0 Å². The van der Waals surface area contributed by atoms with Crippen molar-refractivity contribution < 1.29 is 4.74 Å². The van der Waals surface area contributed by atoms with Crippen LogP contribution in [0, 0.1) is 0 Å². The van der Waals surface area contributed by atoms with Crippen molar-refractivity contribution in [2.24, 2.45) is 0 Å². The van der Waals surface area contributed by atoms with Gasteiger partial charge in [-0.25, -0.2) is 0 Å². The summed E-state index contributed by atoms with van der Waals surface area (Å²) in [5.74, 6) is 0. The van der Waals surface area contributed by atoms with E-state index in [1.54, 1.807) is 0 Å². The average Bonchev–Trinajstić information content (AvgIpc) is 2.60. The van der Waals surface area contributed by atoms with Crippen LogP contribution in [0.15, 0.2) is 0 Å². The normalized spacial score (nSPS) is 34.5. The van der Waals surface area contributed by atoms with Crippen molar-refractivity contribution in [3.05, 3.63) is 0 Å². The van der Waals surface area contributed by atoms with Crippen LogP contribution in [-0.4, -0.2) is 49.3 Å². The van der Waals surface area contributed by atoms with Crippen molar-refractivity contribution in [1.82, 2.24) is 10.2 Å². The molecule has 2 aliphatic heterocycles. The van der Waals surface area contributed by atoms with Crippen LogP contribution in [0.3, 0.4) is 0 Å². The van der Waals surface area contributed by atoms with E-state index in [-0.39, 0.29) is 0 Å². The summed E-state index contributed by atoms with van der Waals surface area (Å²) >= 11 is 0. The van der Waals surface area contributed by atoms with Gasteiger partial charge < -0.3 is 10.1 Å². The number of nitrogens with one attached hydrogen (secondary N) is 1. The average molecular weight is 226 g/mol. The van der Waals surface area contributed by atoms with E-state index < -0.39 is 0 Å². The maximum Gasteiger partial charge on any atom is 0.0702 e. The fourth-order valence-electron chi connectivity index (χ4n) is 2.86. The predicted molar refractivity (Wildman–Crippen MR) is 66.7 cm³/mol. The van der Waals surface area contributed by atoms with Crippen molar-refractivity contribution in [3.63, 3.8) is 0 Å². The molecule has 0 amide bonds. The lowest BCUT2D eigenvalue weighted by atomic mass is 10.0. The predicted octanol–water partition coefficient (Wildman–Crippen LogP) is 1.63. The maximum atomic E-state index is 5.80. The fraction of sp³-hybridized carbons (Fsp3) is 1.00. The van der Waals surface area contributed by atoms with Crippen LogP contribution in [0.1, 0.15) is 39.5 Å². The zero-order valence-electron chi connectivity index (χ0n) is 11.0. The molecule has 3 nitrogen and oxygen atoms in total. The molecule has 16 heavy (non-hydrogen) atoms. The Kier molecular flexibility index (Phi) is 3.88. The summed E-state index contributed by atoms with van der Waals surface area (Å²) in [6.45, 7) is 7.77. The summed E-state index contributed by atoms with van der Waals surface area (Å²) < 4.78 is 5.80. The quantitative estimate of drug-likeness (QED) is 0.791. The van der Waals surface area contributed by atoms with E-state index in [0.717, 1.165) is 19.7 Å². The van der Waals surface area contributed by atoms with Crippen LogP contribution in [-0.2, 0) is 4.74 Å². The molecule has 2 rings (SSSR count). The smallest absolute Gasteiger partial charge is 0.0702 e. The first-order chi connectivity index (χ1) is 7.57. The Bertz CT molecular complexity index is 224. The molecule has 3 heteroatoms. The molecule has 0 bridgehead atoms. The van der Waals surface area contributed by atoms with Crippen molar-refractivity contribution in [2.45, 2.75) is 57.2 Å². The van der Waals surface area contributed by atoms with Gasteiger partial charge in [0.15, 0.2) is 0 Å². The number of hydrogen-bond donors (Lipinski definition) is 1. The van der Waals surface area contributed by atoms with Gasteiger partial charge in [-0.1, -0.05) is 0 Å². The number of nitrogens with zero attached hydrogens (tertiary/aromatic N) is 1. The molecule has 2 unspecified atom stereocenters. The molecule has 0 aromatic carbocycles. The highest BCUT2D eigenvalue weighted by Crippen LogP contribution is 2.22. The summed E-state index contributed by atoms with van der Waals surface area (Å²) in [4.78, 5) is 2.48. The standard InChI is InChI=1S/C13H26N2O/c1-13(2)8-11(9-14-13)15(3)10-12-6-4-5-7-16-12/h11-12,14H,4-10H2,1-3H3. The van der Waals surface area contributed by atoms with Gasteiger partial charge in [0.2, 0.25) is 0 Å². The number of likely N-dealkylation sites (N-methyl/N-ethyl adjacent to an activating group) is 1. The summed E-state index contributed by atoms with van der Waals surface area (Å²) in [6, 6.07) is 0.681. The number of rotatable bonds is 3. The molecule has 0 saturated carbocycles. The van der Waals surface area contributed by atoms with Gasteiger partial charge in [0, 0.05) is 31.3 Å². The van der Waals surface area contributed by atoms with Gasteiger partial charge in [-0.05, 0) is 46.6 Å². The molecule has 0 aromatic rings. The monoisotopic (exact) mass is 226 g/mol. The molecule has 0 radical (unpaired) electrons. The Balaban J connectivity index is 1.77. The molecule has 2 atom stereocenters. The molecule has 0 aromatic heterocycles. The number of hydrogen-bond acceptors (Lipinski definition) is 3. The Labute approximate surface area is 99.5 Å². The van der Waals surface area contributed by atoms with Crippen LogP contribution < -0.4 is 5.32 Å². The summed E-state index contributed by atoms with van der Waals surface area (Å²) in [5, 5.41) is 3.58. The third-order valence-corrected chi connectivity index (χ3v) is 3.95. The Hall–Kier alpha value is -0.120. The van der Waals surface area contributed by atoms with E-state index in [1.807, 2.05) is 0 Å². The largest absolute Gasteiger partial charge is 0.377 e. The summed E-state index contributed by atoms with van der Waals surface area (Å²) in [6.07, 6.45) is 5.55. The van der Waals surface area contributed by atoms with E-state index in [2.05, 4.69) is 31.1 Å². The maximum absolute atomic E-state index is 5.80. The molecule has 2 saturated heterocycles. The highest BCUT2D eigenvalue weighted by atomic mass is 16.5. The SMILES string of the molecule is CN(CC1CCCCO1)C1CNC(C)(C)C1. The van der Waals surface area contributed by atoms with Crippen molar-refractivity contribution in [3.8, 4) is 0 Å². The molecule has 2 aliphatic rings. The molecule has 94 valence electrons. The minimum atomic E-state index is 0.312. The van der Waals surface area contributed by atoms with Crippen molar-refractivity contribution in [2.75, 3.05) is 26.7 Å². The Morgan fingerprint density at radius 1 is 1.38 bits per heavy atom. The first-order valence-corrected chi connectivity index (χ1v) is 6.64. The van der Waals surface area contributed by atoms with E-state index >= 15 is 0 Å². The zero-order chi connectivity index (χ0) is 11.6. The summed E-state index contributed by atoms with van der Waals surface area (Å²) in [7, 11) is 2.24. The highest BCUT2D eigenvalue weighted by Gasteiger charge is 2.33. The third-order valence-electron chi connectivity index (χ3n) is 3.95. The topological polar surface area (TPSA) is 24.5 Å². The molecule has 2 fully saturated rings. The Morgan fingerprint density at radius 3 is 2.75 bits per heavy atom. The van der Waals surface area contributed by atoms with Crippen molar-refractivity contribution >= 4 is 0 Å². The van der Waals surface area contributed by atoms with Gasteiger partial charge in [0.25, 0.3) is 0 Å². The van der Waals surface area contributed by atoms with Crippen LogP contribution >= 0.6 is 0 Å². The lowest BCUT2D eigenvalue weighted by molar-refractivity contribution is -0.00719. The molecule has 0 aliphatic carbocycles. The van der Waals surface area contributed by atoms with Gasteiger partial charge in [0.1, 0.15) is 0 Å². The van der Waals surface area contributed by atoms with E-state index in [9.17, 15) is 0 Å². The molecule has 0 spiro atoms. The molecular weight excluding hydrogens is 200 g/mol. The van der Waals surface area contributed by atoms with Crippen molar-refractivity contribution in [1.29, 1.82) is 0 Å². The lowest BCUT2D eigenvalue weighted by Crippen LogP contribution is -2.40. The number of ether oxygens (including phenoxy) is 1. The summed E-state index contributed by atoms with van der Waals surface area (Å²) in [5.41, 5.74) is 0.312. The van der Waals surface area contributed by atoms with Gasteiger partial charge in [0.05, 0.1) is 6.10 Å². The second-order valence-corrected chi connectivity index (χ2v) is 6.05. The van der Waals surface area contributed by atoms with Crippen LogP contribution in [0.25, 0.3) is 0 Å². The zero-order valence-corrected chi connectivity index (χ0v) is 11.0. The van der Waals surface area contributed by atoms with E-state index in [1.165, 1.54) is 25.7 Å². The minimum absolute atomic E-state index is 0.312. The third kappa shape index (κ3) is 3.19. The van der Waals surface area contributed by atoms with Crippen LogP contribution in [0.5, 0.6) is 0 Å². The Morgan fingerprint density at radius 2 is 2.19 bits per heavy atom. The van der Waals surface area contributed by atoms with E-state index in [4.69, 9.17) is 4.74 Å². The first-order valence-electron chi connectivity index (χ1n) is 6.64. The van der Waals surface area contributed by atoms with Gasteiger partial charge in [-0.15, -0.1) is 0 Å². The molecule has 1 N–H and O–H groups in total. The second-order valence-electron chi connectivity index (χ2n) is 6.05.